The van der Waals surface area contributed by atoms with E-state index in [9.17, 15) is 14.7 Å². The van der Waals surface area contributed by atoms with Gasteiger partial charge in [-0.15, -0.1) is 11.3 Å². The van der Waals surface area contributed by atoms with Crippen LogP contribution in [-0.4, -0.2) is 34.2 Å². The van der Waals surface area contributed by atoms with E-state index in [1.807, 2.05) is 12.1 Å². The molecule has 3 heterocycles. The molecule has 114 valence electrons. The number of rotatable bonds is 3. The van der Waals surface area contributed by atoms with Gasteiger partial charge in [-0.1, -0.05) is 0 Å². The molecule has 2 bridgehead atoms. The van der Waals surface area contributed by atoms with Crippen molar-refractivity contribution in [3.63, 3.8) is 0 Å². The van der Waals surface area contributed by atoms with E-state index in [0.717, 1.165) is 23.1 Å². The number of hydrogen-bond acceptors (Lipinski definition) is 5. The van der Waals surface area contributed by atoms with Crippen LogP contribution in [0.5, 0.6) is 0 Å². The Hall–Kier alpha value is -1.99. The highest BCUT2D eigenvalue weighted by Crippen LogP contribution is 2.44. The van der Waals surface area contributed by atoms with E-state index < -0.39 is 17.8 Å². The van der Waals surface area contributed by atoms with E-state index in [1.165, 1.54) is 11.3 Å². The Morgan fingerprint density at radius 2 is 2.05 bits per heavy atom. The van der Waals surface area contributed by atoms with Crippen molar-refractivity contribution < 1.29 is 19.4 Å². The number of aromatic nitrogens is 1. The van der Waals surface area contributed by atoms with Gasteiger partial charge in [0.2, 0.25) is 5.91 Å². The number of carbonyl (C=O) groups excluding carboxylic acids is 1. The van der Waals surface area contributed by atoms with Crippen LogP contribution in [0.15, 0.2) is 23.7 Å². The first-order chi connectivity index (χ1) is 10.6. The van der Waals surface area contributed by atoms with Crippen LogP contribution in [0, 0.1) is 11.8 Å². The second kappa shape index (κ2) is 5.03. The van der Waals surface area contributed by atoms with Gasteiger partial charge in [0.1, 0.15) is 0 Å². The summed E-state index contributed by atoms with van der Waals surface area (Å²) >= 11 is 1.50. The molecule has 2 aliphatic rings. The van der Waals surface area contributed by atoms with Crippen molar-refractivity contribution in [2.75, 3.05) is 5.32 Å². The van der Waals surface area contributed by atoms with E-state index in [4.69, 9.17) is 4.74 Å². The number of aliphatic carboxylic acids is 1. The van der Waals surface area contributed by atoms with E-state index in [1.54, 1.807) is 11.6 Å². The summed E-state index contributed by atoms with van der Waals surface area (Å²) in [5, 5.41) is 12.2. The summed E-state index contributed by atoms with van der Waals surface area (Å²) in [6.07, 6.45) is 0.860. The minimum Gasteiger partial charge on any atom is -0.481 e. The van der Waals surface area contributed by atoms with Crippen molar-refractivity contribution in [3.05, 3.63) is 23.7 Å². The summed E-state index contributed by atoms with van der Waals surface area (Å²) < 4.78 is 6.61. The molecule has 6 nitrogen and oxygen atoms in total. The SMILES string of the molecule is O=C(Nc1ccc2ncsc2c1)C1C(C(=O)O)[C@H]2CC[C@@H]1O2. The summed E-state index contributed by atoms with van der Waals surface area (Å²) in [5.41, 5.74) is 3.30. The number of nitrogens with one attached hydrogen (secondary N) is 1. The molecule has 0 radical (unpaired) electrons. The van der Waals surface area contributed by atoms with Crippen molar-refractivity contribution in [3.8, 4) is 0 Å². The van der Waals surface area contributed by atoms with Crippen LogP contribution in [0.1, 0.15) is 12.8 Å². The van der Waals surface area contributed by atoms with Crippen LogP contribution in [0.2, 0.25) is 0 Å². The molecule has 2 aliphatic heterocycles. The Balaban J connectivity index is 1.57. The number of hydrogen-bond donors (Lipinski definition) is 2. The Morgan fingerprint density at radius 1 is 1.27 bits per heavy atom. The zero-order valence-electron chi connectivity index (χ0n) is 11.6. The molecule has 1 amide bonds. The molecule has 0 spiro atoms. The topological polar surface area (TPSA) is 88.5 Å². The molecule has 2 fully saturated rings. The molecule has 2 N–H and O–H groups in total. The maximum atomic E-state index is 12.5. The van der Waals surface area contributed by atoms with Crippen LogP contribution < -0.4 is 5.32 Å². The lowest BCUT2D eigenvalue weighted by molar-refractivity contribution is -0.147. The first kappa shape index (κ1) is 13.7. The number of thiazole rings is 1. The van der Waals surface area contributed by atoms with Gasteiger partial charge in [0, 0.05) is 5.69 Å². The number of fused-ring (bicyclic) bond motifs is 3. The van der Waals surface area contributed by atoms with Crippen LogP contribution >= 0.6 is 11.3 Å². The van der Waals surface area contributed by atoms with Gasteiger partial charge in [-0.3, -0.25) is 9.59 Å². The average Bonchev–Trinajstić information content (AvgIpc) is 3.20. The summed E-state index contributed by atoms with van der Waals surface area (Å²) in [7, 11) is 0. The van der Waals surface area contributed by atoms with E-state index in [0.29, 0.717) is 5.69 Å². The smallest absolute Gasteiger partial charge is 0.310 e. The number of benzene rings is 1. The Bertz CT molecular complexity index is 759. The standard InChI is InChI=1S/C15H14N2O4S/c18-14(12-9-3-4-10(21-9)13(12)15(19)20)17-7-1-2-8-11(5-7)22-6-16-8/h1-2,5-6,9-10,12-13H,3-4H2,(H,17,18)(H,19,20)/t9-,10+,12?,13?/m0/s1. The fourth-order valence-electron chi connectivity index (χ4n) is 3.48. The van der Waals surface area contributed by atoms with Crippen molar-refractivity contribution in [1.82, 2.24) is 4.98 Å². The number of amides is 1. The van der Waals surface area contributed by atoms with Crippen LogP contribution in [0.4, 0.5) is 5.69 Å². The van der Waals surface area contributed by atoms with E-state index >= 15 is 0 Å². The van der Waals surface area contributed by atoms with Crippen molar-refractivity contribution >= 4 is 39.1 Å². The van der Waals surface area contributed by atoms with Gasteiger partial charge in [-0.05, 0) is 31.0 Å². The molecule has 0 aliphatic carbocycles. The maximum Gasteiger partial charge on any atom is 0.310 e. The molecule has 2 saturated heterocycles. The molecule has 0 saturated carbocycles. The average molecular weight is 318 g/mol. The maximum absolute atomic E-state index is 12.5. The van der Waals surface area contributed by atoms with Gasteiger partial charge < -0.3 is 15.2 Å². The van der Waals surface area contributed by atoms with Crippen molar-refractivity contribution in [1.29, 1.82) is 0 Å². The van der Waals surface area contributed by atoms with Gasteiger partial charge >= 0.3 is 5.97 Å². The monoisotopic (exact) mass is 318 g/mol. The predicted octanol–water partition coefficient (Wildman–Crippen LogP) is 2.11. The van der Waals surface area contributed by atoms with Gasteiger partial charge in [-0.25, -0.2) is 4.98 Å². The first-order valence-corrected chi connectivity index (χ1v) is 8.04. The number of anilines is 1. The van der Waals surface area contributed by atoms with Gasteiger partial charge in [0.15, 0.2) is 0 Å². The number of nitrogens with zero attached hydrogens (tertiary/aromatic N) is 1. The highest BCUT2D eigenvalue weighted by atomic mass is 32.1. The second-order valence-corrected chi connectivity index (χ2v) is 6.59. The second-order valence-electron chi connectivity index (χ2n) is 5.70. The molecule has 1 aromatic heterocycles. The van der Waals surface area contributed by atoms with Crippen molar-refractivity contribution in [2.45, 2.75) is 25.0 Å². The zero-order valence-corrected chi connectivity index (χ0v) is 12.4. The zero-order chi connectivity index (χ0) is 15.3. The molecule has 4 atom stereocenters. The lowest BCUT2D eigenvalue weighted by Crippen LogP contribution is -2.40. The molecule has 4 rings (SSSR count). The first-order valence-electron chi connectivity index (χ1n) is 7.16. The van der Waals surface area contributed by atoms with Gasteiger partial charge in [-0.2, -0.15) is 0 Å². The minimum atomic E-state index is -0.953. The fraction of sp³-hybridized carbons (Fsp3) is 0.400. The van der Waals surface area contributed by atoms with Crippen LogP contribution in [-0.2, 0) is 14.3 Å². The molecular weight excluding hydrogens is 304 g/mol. The largest absolute Gasteiger partial charge is 0.481 e. The Labute approximate surface area is 130 Å². The molecule has 7 heteroatoms. The minimum absolute atomic E-state index is 0.275. The van der Waals surface area contributed by atoms with E-state index in [2.05, 4.69) is 10.3 Å². The Kier molecular flexibility index (Phi) is 3.12. The van der Waals surface area contributed by atoms with Gasteiger partial charge in [0.25, 0.3) is 0 Å². The molecule has 1 aromatic carbocycles. The number of carboxylic acid groups (broad SMARTS) is 1. The third kappa shape index (κ3) is 2.08. The quantitative estimate of drug-likeness (QED) is 0.905. The van der Waals surface area contributed by atoms with Crippen molar-refractivity contribution in [2.24, 2.45) is 11.8 Å². The molecule has 2 unspecified atom stereocenters. The highest BCUT2D eigenvalue weighted by Gasteiger charge is 2.55. The third-order valence-electron chi connectivity index (χ3n) is 4.46. The summed E-state index contributed by atoms with van der Waals surface area (Å²) in [5.74, 6) is -2.59. The van der Waals surface area contributed by atoms with Crippen LogP contribution in [0.25, 0.3) is 10.2 Å². The highest BCUT2D eigenvalue weighted by molar-refractivity contribution is 7.16. The summed E-state index contributed by atoms with van der Waals surface area (Å²) in [4.78, 5) is 28.2. The molecule has 22 heavy (non-hydrogen) atoms. The number of carbonyl (C=O) groups is 2. The van der Waals surface area contributed by atoms with E-state index in [-0.39, 0.29) is 18.1 Å². The lowest BCUT2D eigenvalue weighted by atomic mass is 9.78. The Morgan fingerprint density at radius 3 is 2.82 bits per heavy atom. The summed E-state index contributed by atoms with van der Waals surface area (Å²) in [6.45, 7) is 0. The summed E-state index contributed by atoms with van der Waals surface area (Å²) in [6, 6.07) is 5.48. The lowest BCUT2D eigenvalue weighted by Gasteiger charge is -2.23. The molecular formula is C15H14N2O4S. The molecule has 2 aromatic rings. The normalized spacial score (nSPS) is 29.8. The number of ether oxygens (including phenoxy) is 1. The predicted molar refractivity (Wildman–Crippen MR) is 80.8 cm³/mol. The van der Waals surface area contributed by atoms with Gasteiger partial charge in [0.05, 0.1) is 39.8 Å². The fourth-order valence-corrected chi connectivity index (χ4v) is 4.20. The third-order valence-corrected chi connectivity index (χ3v) is 5.25. The van der Waals surface area contributed by atoms with Crippen LogP contribution in [0.3, 0.4) is 0 Å². The number of carboxylic acids is 1.